The van der Waals surface area contributed by atoms with Gasteiger partial charge in [0.15, 0.2) is 0 Å². The Hall–Kier alpha value is -0.380. The molecule has 0 aliphatic heterocycles. The minimum absolute atomic E-state index is 0.483. The summed E-state index contributed by atoms with van der Waals surface area (Å²) < 4.78 is 0. The van der Waals surface area contributed by atoms with E-state index in [0.717, 1.165) is 12.8 Å². The molecule has 1 aromatic heterocycles. The van der Waals surface area contributed by atoms with E-state index in [1.165, 1.54) is 69.1 Å². The summed E-state index contributed by atoms with van der Waals surface area (Å²) >= 11 is 1.85. The Balaban J connectivity index is 1.92. The van der Waals surface area contributed by atoms with Crippen molar-refractivity contribution in [1.29, 1.82) is 0 Å². The van der Waals surface area contributed by atoms with E-state index in [0.29, 0.717) is 6.04 Å². The lowest BCUT2D eigenvalue weighted by Crippen LogP contribution is -2.35. The third-order valence-corrected chi connectivity index (χ3v) is 5.15. The highest BCUT2D eigenvalue weighted by Crippen LogP contribution is 2.15. The van der Waals surface area contributed by atoms with Gasteiger partial charge in [-0.3, -0.25) is 11.3 Å². The van der Waals surface area contributed by atoms with E-state index >= 15 is 0 Å². The van der Waals surface area contributed by atoms with Crippen molar-refractivity contribution in [3.05, 3.63) is 22.4 Å². The van der Waals surface area contributed by atoms with Gasteiger partial charge < -0.3 is 0 Å². The Kier molecular flexibility index (Phi) is 11.8. The molecule has 0 amide bonds. The van der Waals surface area contributed by atoms with Crippen molar-refractivity contribution in [1.82, 2.24) is 5.43 Å². The molecule has 1 unspecified atom stereocenters. The molecule has 0 spiro atoms. The predicted octanol–water partition coefficient (Wildman–Crippen LogP) is 5.43. The Labute approximate surface area is 135 Å². The van der Waals surface area contributed by atoms with Gasteiger partial charge in [-0.2, -0.15) is 0 Å². The second-order valence-corrected chi connectivity index (χ2v) is 7.13. The molecular formula is C18H34N2S. The first kappa shape index (κ1) is 18.7. The topological polar surface area (TPSA) is 38.0 Å². The zero-order valence-electron chi connectivity index (χ0n) is 13.8. The minimum atomic E-state index is 0.483. The SMILES string of the molecule is CCCCCCCCCCCC(CCc1cccs1)NN. The van der Waals surface area contributed by atoms with Crippen molar-refractivity contribution < 1.29 is 0 Å². The lowest BCUT2D eigenvalue weighted by Gasteiger charge is -2.15. The number of rotatable bonds is 14. The van der Waals surface area contributed by atoms with Crippen molar-refractivity contribution in [3.63, 3.8) is 0 Å². The molecule has 0 aromatic carbocycles. The molecule has 0 aliphatic carbocycles. The van der Waals surface area contributed by atoms with Gasteiger partial charge in [-0.25, -0.2) is 0 Å². The van der Waals surface area contributed by atoms with Gasteiger partial charge in [0, 0.05) is 10.9 Å². The number of nitrogens with one attached hydrogen (secondary N) is 1. The smallest absolute Gasteiger partial charge is 0.0214 e. The fraction of sp³-hybridized carbons (Fsp3) is 0.778. The number of nitrogens with two attached hydrogens (primary N) is 1. The molecule has 1 heterocycles. The fourth-order valence-electron chi connectivity index (χ4n) is 2.78. The first-order valence-electron chi connectivity index (χ1n) is 8.85. The lowest BCUT2D eigenvalue weighted by atomic mass is 10.0. The molecule has 0 fully saturated rings. The van der Waals surface area contributed by atoms with Crippen LogP contribution in [0.15, 0.2) is 17.5 Å². The molecule has 3 N–H and O–H groups in total. The summed E-state index contributed by atoms with van der Waals surface area (Å²) in [5.74, 6) is 5.67. The molecule has 1 rings (SSSR count). The van der Waals surface area contributed by atoms with Crippen molar-refractivity contribution in [2.45, 2.75) is 90.0 Å². The number of hydrazine groups is 1. The van der Waals surface area contributed by atoms with E-state index in [2.05, 4.69) is 29.9 Å². The first-order valence-corrected chi connectivity index (χ1v) is 9.73. The standard InChI is InChI=1S/C18H34N2S/c1-2-3-4-5-6-7-8-9-10-12-17(20-19)14-15-18-13-11-16-21-18/h11,13,16-17,20H,2-10,12,14-15,19H2,1H3. The molecule has 0 saturated carbocycles. The van der Waals surface area contributed by atoms with E-state index in [1.54, 1.807) is 0 Å². The average molecular weight is 311 g/mol. The number of unbranched alkanes of at least 4 members (excludes halogenated alkanes) is 8. The highest BCUT2D eigenvalue weighted by molar-refractivity contribution is 7.09. The maximum Gasteiger partial charge on any atom is 0.0214 e. The number of hydrogen-bond donors (Lipinski definition) is 2. The van der Waals surface area contributed by atoms with Gasteiger partial charge >= 0.3 is 0 Å². The van der Waals surface area contributed by atoms with Gasteiger partial charge in [-0.05, 0) is 30.7 Å². The van der Waals surface area contributed by atoms with E-state index in [1.807, 2.05) is 11.3 Å². The molecule has 0 saturated heterocycles. The van der Waals surface area contributed by atoms with Crippen LogP contribution in [-0.4, -0.2) is 6.04 Å². The summed E-state index contributed by atoms with van der Waals surface area (Å²) in [6.07, 6.45) is 16.1. The van der Waals surface area contributed by atoms with Gasteiger partial charge in [0.05, 0.1) is 0 Å². The average Bonchev–Trinajstić information content (AvgIpc) is 3.02. The quantitative estimate of drug-likeness (QED) is 0.273. The summed E-state index contributed by atoms with van der Waals surface area (Å²) in [4.78, 5) is 1.47. The third-order valence-electron chi connectivity index (χ3n) is 4.21. The Morgan fingerprint density at radius 2 is 1.67 bits per heavy atom. The Morgan fingerprint density at radius 1 is 1.00 bits per heavy atom. The van der Waals surface area contributed by atoms with Crippen LogP contribution in [0.5, 0.6) is 0 Å². The Morgan fingerprint density at radius 3 is 2.24 bits per heavy atom. The van der Waals surface area contributed by atoms with Crippen LogP contribution in [0.1, 0.15) is 82.4 Å². The zero-order chi connectivity index (χ0) is 15.2. The second kappa shape index (κ2) is 13.3. The van der Waals surface area contributed by atoms with Gasteiger partial charge in [0.25, 0.3) is 0 Å². The van der Waals surface area contributed by atoms with E-state index in [-0.39, 0.29) is 0 Å². The maximum absolute atomic E-state index is 5.67. The molecule has 2 nitrogen and oxygen atoms in total. The van der Waals surface area contributed by atoms with Gasteiger partial charge in [-0.15, -0.1) is 11.3 Å². The number of hydrogen-bond acceptors (Lipinski definition) is 3. The fourth-order valence-corrected chi connectivity index (χ4v) is 3.51. The van der Waals surface area contributed by atoms with Crippen molar-refractivity contribution in [2.24, 2.45) is 5.84 Å². The lowest BCUT2D eigenvalue weighted by molar-refractivity contribution is 0.438. The van der Waals surface area contributed by atoms with Crippen molar-refractivity contribution in [2.75, 3.05) is 0 Å². The second-order valence-electron chi connectivity index (χ2n) is 6.10. The molecule has 21 heavy (non-hydrogen) atoms. The van der Waals surface area contributed by atoms with Crippen LogP contribution in [-0.2, 0) is 6.42 Å². The maximum atomic E-state index is 5.67. The van der Waals surface area contributed by atoms with E-state index in [4.69, 9.17) is 5.84 Å². The van der Waals surface area contributed by atoms with Crippen LogP contribution in [0.4, 0.5) is 0 Å². The summed E-state index contributed by atoms with van der Waals surface area (Å²) in [7, 11) is 0. The third kappa shape index (κ3) is 10.0. The molecule has 3 heteroatoms. The predicted molar refractivity (Wildman–Crippen MR) is 95.6 cm³/mol. The Bertz CT molecular complexity index is 311. The van der Waals surface area contributed by atoms with Crippen LogP contribution in [0, 0.1) is 0 Å². The summed E-state index contributed by atoms with van der Waals surface area (Å²) in [6, 6.07) is 4.83. The van der Waals surface area contributed by atoms with Crippen LogP contribution < -0.4 is 11.3 Å². The monoisotopic (exact) mass is 310 g/mol. The van der Waals surface area contributed by atoms with Crippen LogP contribution in [0.2, 0.25) is 0 Å². The van der Waals surface area contributed by atoms with Gasteiger partial charge in [0.2, 0.25) is 0 Å². The summed E-state index contributed by atoms with van der Waals surface area (Å²) in [6.45, 7) is 2.28. The number of thiophene rings is 1. The zero-order valence-corrected chi connectivity index (χ0v) is 14.6. The van der Waals surface area contributed by atoms with Gasteiger partial charge in [-0.1, -0.05) is 70.8 Å². The minimum Gasteiger partial charge on any atom is -0.271 e. The van der Waals surface area contributed by atoms with Crippen molar-refractivity contribution in [3.8, 4) is 0 Å². The van der Waals surface area contributed by atoms with E-state index < -0.39 is 0 Å². The molecule has 122 valence electrons. The first-order chi connectivity index (χ1) is 10.4. The van der Waals surface area contributed by atoms with Crippen LogP contribution >= 0.6 is 11.3 Å². The molecule has 0 bridgehead atoms. The van der Waals surface area contributed by atoms with Crippen LogP contribution in [0.3, 0.4) is 0 Å². The van der Waals surface area contributed by atoms with Crippen molar-refractivity contribution >= 4 is 11.3 Å². The molecular weight excluding hydrogens is 276 g/mol. The normalized spacial score (nSPS) is 12.7. The van der Waals surface area contributed by atoms with E-state index in [9.17, 15) is 0 Å². The molecule has 1 aromatic rings. The summed E-state index contributed by atoms with van der Waals surface area (Å²) in [5, 5.41) is 2.15. The highest BCUT2D eigenvalue weighted by atomic mass is 32.1. The summed E-state index contributed by atoms with van der Waals surface area (Å²) in [5.41, 5.74) is 2.99. The molecule has 1 atom stereocenters. The van der Waals surface area contributed by atoms with Gasteiger partial charge in [0.1, 0.15) is 0 Å². The highest BCUT2D eigenvalue weighted by Gasteiger charge is 2.07. The molecule has 0 aliphatic rings. The number of aryl methyl sites for hydroxylation is 1. The van der Waals surface area contributed by atoms with Crippen LogP contribution in [0.25, 0.3) is 0 Å². The molecule has 0 radical (unpaired) electrons. The largest absolute Gasteiger partial charge is 0.271 e.